The van der Waals surface area contributed by atoms with E-state index in [1.165, 1.54) is 5.56 Å². The molecule has 1 aliphatic rings. The van der Waals surface area contributed by atoms with Gasteiger partial charge in [0.05, 0.1) is 12.1 Å². The monoisotopic (exact) mass is 353 g/mol. The number of fused-ring (bicyclic) bond motifs is 1. The third kappa shape index (κ3) is 3.85. The third-order valence-electron chi connectivity index (χ3n) is 5.10. The highest BCUT2D eigenvalue weighted by atomic mass is 16.5. The lowest BCUT2D eigenvalue weighted by atomic mass is 9.70. The van der Waals surface area contributed by atoms with E-state index in [-0.39, 0.29) is 17.6 Å². The molecule has 4 nitrogen and oxygen atoms in total. The maximum absolute atomic E-state index is 11.2. The average Bonchev–Trinajstić information content (AvgIpc) is 2.57. The number of hydrogen-bond acceptors (Lipinski definition) is 2. The smallest absolute Gasteiger partial charge is 0.405 e. The minimum atomic E-state index is -0.972. The molecule has 138 valence electrons. The van der Waals surface area contributed by atoms with Crippen LogP contribution in [-0.4, -0.2) is 17.3 Å². The van der Waals surface area contributed by atoms with E-state index >= 15 is 0 Å². The molecule has 0 heterocycles. The predicted molar refractivity (Wildman–Crippen MR) is 104 cm³/mol. The molecular formula is C22H27NO3. The zero-order chi connectivity index (χ0) is 18.9. The van der Waals surface area contributed by atoms with Gasteiger partial charge in [-0.1, -0.05) is 44.2 Å². The number of benzene rings is 2. The van der Waals surface area contributed by atoms with Crippen LogP contribution in [0.2, 0.25) is 0 Å². The topological polar surface area (TPSA) is 58.6 Å². The fourth-order valence-electron chi connectivity index (χ4n) is 3.70. The van der Waals surface area contributed by atoms with Gasteiger partial charge in [0.15, 0.2) is 0 Å². The van der Waals surface area contributed by atoms with Crippen molar-refractivity contribution in [2.75, 3.05) is 0 Å². The summed E-state index contributed by atoms with van der Waals surface area (Å²) < 4.78 is 5.71. The Balaban J connectivity index is 1.90. The molecule has 0 bridgehead atoms. The Kier molecular flexibility index (Phi) is 4.94. The number of carboxylic acid groups (broad SMARTS) is 1. The van der Waals surface area contributed by atoms with Crippen LogP contribution in [0.1, 0.15) is 51.3 Å². The van der Waals surface area contributed by atoms with Gasteiger partial charge in [-0.3, -0.25) is 0 Å². The van der Waals surface area contributed by atoms with Crippen LogP contribution in [0.25, 0.3) is 11.1 Å². The highest BCUT2D eigenvalue weighted by Crippen LogP contribution is 2.44. The van der Waals surface area contributed by atoms with E-state index < -0.39 is 6.09 Å². The van der Waals surface area contributed by atoms with Crippen LogP contribution in [0.4, 0.5) is 4.79 Å². The molecule has 0 spiro atoms. The number of amides is 1. The summed E-state index contributed by atoms with van der Waals surface area (Å²) >= 11 is 0. The van der Waals surface area contributed by atoms with Gasteiger partial charge in [-0.2, -0.15) is 0 Å². The fourth-order valence-corrected chi connectivity index (χ4v) is 3.70. The third-order valence-corrected chi connectivity index (χ3v) is 5.10. The van der Waals surface area contributed by atoms with Crippen molar-refractivity contribution in [3.05, 3.63) is 53.6 Å². The lowest BCUT2D eigenvalue weighted by Gasteiger charge is -2.40. The Morgan fingerprint density at radius 1 is 1.15 bits per heavy atom. The van der Waals surface area contributed by atoms with E-state index in [4.69, 9.17) is 4.74 Å². The van der Waals surface area contributed by atoms with Crippen LogP contribution in [0.15, 0.2) is 42.5 Å². The molecule has 0 saturated carbocycles. The maximum Gasteiger partial charge on any atom is 0.405 e. The largest absolute Gasteiger partial charge is 0.491 e. The Morgan fingerprint density at radius 3 is 2.42 bits per heavy atom. The highest BCUT2D eigenvalue weighted by molar-refractivity contribution is 5.68. The van der Waals surface area contributed by atoms with E-state index in [9.17, 15) is 9.90 Å². The van der Waals surface area contributed by atoms with Crippen LogP contribution in [-0.2, 0) is 6.42 Å². The van der Waals surface area contributed by atoms with Gasteiger partial charge < -0.3 is 15.2 Å². The van der Waals surface area contributed by atoms with Crippen LogP contribution in [0.3, 0.4) is 0 Å². The van der Waals surface area contributed by atoms with Crippen LogP contribution in [0.5, 0.6) is 5.75 Å². The molecule has 4 heteroatoms. The first-order chi connectivity index (χ1) is 12.3. The number of carbonyl (C=O) groups is 1. The van der Waals surface area contributed by atoms with Gasteiger partial charge in [0.25, 0.3) is 0 Å². The van der Waals surface area contributed by atoms with Crippen molar-refractivity contribution in [1.82, 2.24) is 5.32 Å². The summed E-state index contributed by atoms with van der Waals surface area (Å²) in [4.78, 5) is 11.2. The second-order valence-electron chi connectivity index (χ2n) is 7.98. The van der Waals surface area contributed by atoms with Crippen LogP contribution < -0.4 is 10.1 Å². The second-order valence-corrected chi connectivity index (χ2v) is 7.98. The molecule has 0 saturated heterocycles. The first kappa shape index (κ1) is 18.3. The molecule has 0 radical (unpaired) electrons. The lowest BCUT2D eigenvalue weighted by molar-refractivity contribution is 0.161. The van der Waals surface area contributed by atoms with Crippen LogP contribution in [0, 0.1) is 5.41 Å². The van der Waals surface area contributed by atoms with Crippen molar-refractivity contribution in [3.63, 3.8) is 0 Å². The Labute approximate surface area is 155 Å². The molecule has 1 atom stereocenters. The summed E-state index contributed by atoms with van der Waals surface area (Å²) in [5.74, 6) is 0.870. The maximum atomic E-state index is 11.2. The molecule has 0 aromatic heterocycles. The van der Waals surface area contributed by atoms with E-state index in [0.717, 1.165) is 35.3 Å². The minimum absolute atomic E-state index is 0.0945. The van der Waals surface area contributed by atoms with Crippen molar-refractivity contribution in [3.8, 4) is 16.9 Å². The van der Waals surface area contributed by atoms with Gasteiger partial charge in [0, 0.05) is 0 Å². The highest BCUT2D eigenvalue weighted by Gasteiger charge is 2.36. The van der Waals surface area contributed by atoms with E-state index in [1.807, 2.05) is 26.0 Å². The summed E-state index contributed by atoms with van der Waals surface area (Å²) in [6.07, 6.45) is 1.10. The molecule has 0 aliphatic heterocycles. The van der Waals surface area contributed by atoms with Gasteiger partial charge >= 0.3 is 6.09 Å². The lowest BCUT2D eigenvalue weighted by Crippen LogP contribution is -2.40. The van der Waals surface area contributed by atoms with Gasteiger partial charge in [0.2, 0.25) is 0 Å². The standard InChI is InChI=1S/C22H27NO3/c1-14(2)26-18-8-5-15(6-9-18)16-7-10-19-17(13-16)11-12-22(3,4)20(19)23-21(24)25/h5-10,13-14,20,23H,11-12H2,1-4H3,(H,24,25)/t20-/m0/s1. The molecule has 1 aliphatic carbocycles. The Hall–Kier alpha value is -2.49. The first-order valence-electron chi connectivity index (χ1n) is 9.15. The van der Waals surface area contributed by atoms with Crippen molar-refractivity contribution in [2.24, 2.45) is 5.41 Å². The number of aryl methyl sites for hydroxylation is 1. The average molecular weight is 353 g/mol. The summed E-state index contributed by atoms with van der Waals surface area (Å²) in [6.45, 7) is 8.27. The molecule has 3 rings (SSSR count). The van der Waals surface area contributed by atoms with Gasteiger partial charge in [-0.05, 0) is 66.5 Å². The quantitative estimate of drug-likeness (QED) is 0.771. The van der Waals surface area contributed by atoms with Crippen molar-refractivity contribution < 1.29 is 14.6 Å². The molecule has 1 amide bonds. The summed E-state index contributed by atoms with van der Waals surface area (Å²) in [5, 5.41) is 11.9. The molecule has 2 aromatic rings. The van der Waals surface area contributed by atoms with Gasteiger partial charge in [-0.25, -0.2) is 4.79 Å². The van der Waals surface area contributed by atoms with E-state index in [1.54, 1.807) is 0 Å². The zero-order valence-corrected chi connectivity index (χ0v) is 15.9. The number of nitrogens with one attached hydrogen (secondary N) is 1. The SMILES string of the molecule is CC(C)Oc1ccc(-c2ccc3c(c2)CCC(C)(C)[C@H]3NC(=O)O)cc1. The predicted octanol–water partition coefficient (Wildman–Crippen LogP) is 5.42. The van der Waals surface area contributed by atoms with Crippen molar-refractivity contribution >= 4 is 6.09 Å². The normalized spacial score (nSPS) is 18.3. The van der Waals surface area contributed by atoms with E-state index in [2.05, 4.69) is 49.5 Å². The summed E-state index contributed by atoms with van der Waals surface area (Å²) in [7, 11) is 0. The fraction of sp³-hybridized carbons (Fsp3) is 0.409. The number of ether oxygens (including phenoxy) is 1. The molecule has 0 fully saturated rings. The Morgan fingerprint density at radius 2 is 1.81 bits per heavy atom. The molecule has 0 unspecified atom stereocenters. The molecular weight excluding hydrogens is 326 g/mol. The molecule has 2 aromatic carbocycles. The number of hydrogen-bond donors (Lipinski definition) is 2. The number of rotatable bonds is 4. The van der Waals surface area contributed by atoms with Crippen LogP contribution >= 0.6 is 0 Å². The first-order valence-corrected chi connectivity index (χ1v) is 9.15. The summed E-state index contributed by atoms with van der Waals surface area (Å²) in [5.41, 5.74) is 4.50. The van der Waals surface area contributed by atoms with Crippen molar-refractivity contribution in [2.45, 2.75) is 52.7 Å². The summed E-state index contributed by atoms with van der Waals surface area (Å²) in [6, 6.07) is 14.3. The zero-order valence-electron chi connectivity index (χ0n) is 15.9. The van der Waals surface area contributed by atoms with Crippen molar-refractivity contribution in [1.29, 1.82) is 0 Å². The molecule has 2 N–H and O–H groups in total. The van der Waals surface area contributed by atoms with E-state index in [0.29, 0.717) is 0 Å². The Bertz CT molecular complexity index is 794. The molecule has 26 heavy (non-hydrogen) atoms. The second kappa shape index (κ2) is 7.02. The van der Waals surface area contributed by atoms with Gasteiger partial charge in [0.1, 0.15) is 5.75 Å². The van der Waals surface area contributed by atoms with Gasteiger partial charge in [-0.15, -0.1) is 0 Å². The minimum Gasteiger partial charge on any atom is -0.491 e.